The quantitative estimate of drug-likeness (QED) is 0.907. The molecule has 1 aromatic rings. The van der Waals surface area contributed by atoms with Gasteiger partial charge >= 0.3 is 0 Å². The van der Waals surface area contributed by atoms with E-state index in [1.807, 2.05) is 11.0 Å². The first-order valence-electron chi connectivity index (χ1n) is 6.87. The Balaban J connectivity index is 1.97. The maximum absolute atomic E-state index is 12.4. The first kappa shape index (κ1) is 14.5. The number of carbonyl (C=O) groups is 1. The third-order valence-electron chi connectivity index (χ3n) is 3.69. The van der Waals surface area contributed by atoms with Gasteiger partial charge in [0.15, 0.2) is 0 Å². The molecule has 1 aliphatic rings. The summed E-state index contributed by atoms with van der Waals surface area (Å²) < 4.78 is 0. The number of hydrogen-bond donors (Lipinski definition) is 1. The van der Waals surface area contributed by atoms with Gasteiger partial charge in [0.1, 0.15) is 0 Å². The predicted octanol–water partition coefficient (Wildman–Crippen LogP) is 1.37. The van der Waals surface area contributed by atoms with Gasteiger partial charge in [-0.05, 0) is 25.0 Å². The molecule has 4 nitrogen and oxygen atoms in total. The van der Waals surface area contributed by atoms with E-state index in [2.05, 4.69) is 18.7 Å². The summed E-state index contributed by atoms with van der Waals surface area (Å²) in [5.74, 6) is 0.163. The van der Waals surface area contributed by atoms with Crippen molar-refractivity contribution in [3.63, 3.8) is 0 Å². The van der Waals surface area contributed by atoms with E-state index in [9.17, 15) is 4.79 Å². The van der Waals surface area contributed by atoms with Crippen molar-refractivity contribution in [2.24, 2.45) is 0 Å². The molecule has 1 fully saturated rings. The summed E-state index contributed by atoms with van der Waals surface area (Å²) >= 11 is 1.61. The van der Waals surface area contributed by atoms with E-state index in [0.717, 1.165) is 37.5 Å². The molecule has 1 saturated heterocycles. The van der Waals surface area contributed by atoms with Crippen molar-refractivity contribution in [3.8, 4) is 0 Å². The number of hydrogen-bond acceptors (Lipinski definition) is 4. The van der Waals surface area contributed by atoms with Crippen LogP contribution in [-0.2, 0) is 6.42 Å². The third-order valence-corrected chi connectivity index (χ3v) is 4.77. The highest BCUT2D eigenvalue weighted by Crippen LogP contribution is 2.23. The van der Waals surface area contributed by atoms with E-state index in [4.69, 9.17) is 5.11 Å². The summed E-state index contributed by atoms with van der Waals surface area (Å²) in [6.45, 7) is 8.34. The van der Waals surface area contributed by atoms with Gasteiger partial charge in [-0.2, -0.15) is 0 Å². The van der Waals surface area contributed by atoms with Crippen molar-refractivity contribution in [1.82, 2.24) is 9.80 Å². The van der Waals surface area contributed by atoms with Gasteiger partial charge in [-0.1, -0.05) is 6.92 Å². The van der Waals surface area contributed by atoms with Gasteiger partial charge in [-0.15, -0.1) is 11.3 Å². The minimum Gasteiger partial charge on any atom is -0.395 e. The Morgan fingerprint density at radius 3 is 2.58 bits per heavy atom. The normalized spacial score (nSPS) is 16.9. The fourth-order valence-electron chi connectivity index (χ4n) is 2.45. The Bertz CT molecular complexity index is 437. The lowest BCUT2D eigenvalue weighted by Gasteiger charge is -2.34. The number of rotatable bonds is 4. The van der Waals surface area contributed by atoms with E-state index in [0.29, 0.717) is 6.54 Å². The van der Waals surface area contributed by atoms with Crippen molar-refractivity contribution < 1.29 is 9.90 Å². The zero-order valence-corrected chi connectivity index (χ0v) is 12.5. The molecule has 1 aliphatic heterocycles. The monoisotopic (exact) mass is 282 g/mol. The smallest absolute Gasteiger partial charge is 0.264 e. The molecule has 2 rings (SSSR count). The third kappa shape index (κ3) is 3.35. The number of piperazine rings is 1. The van der Waals surface area contributed by atoms with Crippen LogP contribution in [0.4, 0.5) is 0 Å². The molecule has 2 heterocycles. The lowest BCUT2D eigenvalue weighted by molar-refractivity contribution is 0.0619. The van der Waals surface area contributed by atoms with Crippen LogP contribution in [0, 0.1) is 6.92 Å². The van der Waals surface area contributed by atoms with Crippen LogP contribution in [-0.4, -0.2) is 60.1 Å². The summed E-state index contributed by atoms with van der Waals surface area (Å²) in [6, 6.07) is 2.04. The van der Waals surface area contributed by atoms with Crippen molar-refractivity contribution in [1.29, 1.82) is 0 Å². The second-order valence-corrected chi connectivity index (χ2v) is 6.16. The Labute approximate surface area is 118 Å². The van der Waals surface area contributed by atoms with Gasteiger partial charge in [0, 0.05) is 37.6 Å². The summed E-state index contributed by atoms with van der Waals surface area (Å²) in [5.41, 5.74) is 1.28. The molecule has 0 radical (unpaired) electrons. The van der Waals surface area contributed by atoms with E-state index in [1.165, 1.54) is 10.4 Å². The second kappa shape index (κ2) is 6.50. The number of aliphatic hydroxyl groups is 1. The van der Waals surface area contributed by atoms with Crippen LogP contribution >= 0.6 is 11.3 Å². The van der Waals surface area contributed by atoms with Crippen molar-refractivity contribution in [2.45, 2.75) is 20.3 Å². The highest BCUT2D eigenvalue weighted by Gasteiger charge is 2.23. The molecule has 0 unspecified atom stereocenters. The molecule has 1 amide bonds. The maximum Gasteiger partial charge on any atom is 0.264 e. The molecule has 19 heavy (non-hydrogen) atoms. The number of nitrogens with zero attached hydrogens (tertiary/aromatic N) is 2. The summed E-state index contributed by atoms with van der Waals surface area (Å²) in [7, 11) is 0. The fraction of sp³-hybridized carbons (Fsp3) is 0.643. The average Bonchev–Trinajstić information content (AvgIpc) is 2.80. The Hall–Kier alpha value is -0.910. The lowest BCUT2D eigenvalue weighted by Crippen LogP contribution is -2.49. The van der Waals surface area contributed by atoms with Crippen molar-refractivity contribution in [3.05, 3.63) is 21.4 Å². The number of β-amino-alcohol motifs (C(OH)–C–C–N with tert-alkyl or cyclic N) is 1. The fourth-order valence-corrected chi connectivity index (χ4v) is 3.53. The lowest BCUT2D eigenvalue weighted by atomic mass is 10.2. The largest absolute Gasteiger partial charge is 0.395 e. The molecule has 5 heteroatoms. The molecule has 0 aliphatic carbocycles. The average molecular weight is 282 g/mol. The summed E-state index contributed by atoms with van der Waals surface area (Å²) in [5, 5.41) is 8.91. The minimum atomic E-state index is 0.163. The molecule has 0 bridgehead atoms. The molecule has 0 saturated carbocycles. The minimum absolute atomic E-state index is 0.163. The zero-order valence-electron chi connectivity index (χ0n) is 11.7. The first-order chi connectivity index (χ1) is 9.15. The predicted molar refractivity (Wildman–Crippen MR) is 77.9 cm³/mol. The van der Waals surface area contributed by atoms with E-state index in [1.54, 1.807) is 11.3 Å². The van der Waals surface area contributed by atoms with Gasteiger partial charge in [0.05, 0.1) is 11.5 Å². The topological polar surface area (TPSA) is 43.8 Å². The van der Waals surface area contributed by atoms with Crippen LogP contribution in [0.3, 0.4) is 0 Å². The SMILES string of the molecule is CCc1cc(C(=O)N2CCN(CCO)CC2)sc1C. The van der Waals surface area contributed by atoms with E-state index in [-0.39, 0.29) is 12.5 Å². The van der Waals surface area contributed by atoms with Crippen molar-refractivity contribution >= 4 is 17.2 Å². The van der Waals surface area contributed by atoms with Crippen LogP contribution < -0.4 is 0 Å². The molecule has 1 N–H and O–H groups in total. The molecule has 106 valence electrons. The highest BCUT2D eigenvalue weighted by molar-refractivity contribution is 7.14. The Morgan fingerprint density at radius 1 is 1.37 bits per heavy atom. The van der Waals surface area contributed by atoms with Gasteiger partial charge in [-0.25, -0.2) is 0 Å². The summed E-state index contributed by atoms with van der Waals surface area (Å²) in [6.07, 6.45) is 0.986. The number of carbonyl (C=O) groups excluding carboxylic acids is 1. The zero-order chi connectivity index (χ0) is 13.8. The van der Waals surface area contributed by atoms with E-state index < -0.39 is 0 Å². The maximum atomic E-state index is 12.4. The first-order valence-corrected chi connectivity index (χ1v) is 7.69. The molecule has 0 aromatic carbocycles. The highest BCUT2D eigenvalue weighted by atomic mass is 32.1. The number of amides is 1. The standard InChI is InChI=1S/C14H22N2O2S/c1-3-12-10-13(19-11(12)2)14(18)16-6-4-15(5-7-16)8-9-17/h10,17H,3-9H2,1-2H3. The van der Waals surface area contributed by atoms with Crippen molar-refractivity contribution in [2.75, 3.05) is 39.3 Å². The van der Waals surface area contributed by atoms with Gasteiger partial charge < -0.3 is 10.0 Å². The number of aryl methyl sites for hydroxylation is 2. The van der Waals surface area contributed by atoms with Crippen LogP contribution in [0.25, 0.3) is 0 Å². The Kier molecular flexibility index (Phi) is 4.96. The van der Waals surface area contributed by atoms with Gasteiger partial charge in [0.2, 0.25) is 0 Å². The van der Waals surface area contributed by atoms with Gasteiger partial charge in [-0.3, -0.25) is 9.69 Å². The van der Waals surface area contributed by atoms with Crippen LogP contribution in [0.1, 0.15) is 27.0 Å². The Morgan fingerprint density at radius 2 is 2.05 bits per heavy atom. The van der Waals surface area contributed by atoms with Crippen LogP contribution in [0.15, 0.2) is 6.07 Å². The number of thiophene rings is 1. The van der Waals surface area contributed by atoms with Crippen LogP contribution in [0.2, 0.25) is 0 Å². The number of aliphatic hydroxyl groups excluding tert-OH is 1. The van der Waals surface area contributed by atoms with Crippen LogP contribution in [0.5, 0.6) is 0 Å². The van der Waals surface area contributed by atoms with Gasteiger partial charge in [0.25, 0.3) is 5.91 Å². The molecule has 0 spiro atoms. The molecule has 0 atom stereocenters. The molecular weight excluding hydrogens is 260 g/mol. The molecule has 1 aromatic heterocycles. The second-order valence-electron chi connectivity index (χ2n) is 4.90. The summed E-state index contributed by atoms with van der Waals surface area (Å²) in [4.78, 5) is 18.7. The molecular formula is C14H22N2O2S. The van der Waals surface area contributed by atoms with E-state index >= 15 is 0 Å².